The number of aromatic nitrogens is 1. The molecule has 0 fully saturated rings. The van der Waals surface area contributed by atoms with Crippen LogP contribution in [-0.4, -0.2) is 4.57 Å². The van der Waals surface area contributed by atoms with E-state index in [1.165, 1.54) is 10.9 Å². The standard InChI is InChI=1S/C15H13BrN2/c1-18-10-14(13-4-2-3-5-15(13)18)17-12-8-6-11(16)7-9-12/h2-10,17H,1H3. The van der Waals surface area contributed by atoms with Crippen LogP contribution in [0.4, 0.5) is 11.4 Å². The molecule has 0 radical (unpaired) electrons. The number of para-hydroxylation sites is 1. The normalized spacial score (nSPS) is 10.8. The molecule has 0 atom stereocenters. The average Bonchev–Trinajstić information content (AvgIpc) is 2.70. The summed E-state index contributed by atoms with van der Waals surface area (Å²) in [6.07, 6.45) is 2.12. The second-order valence-electron chi connectivity index (χ2n) is 4.30. The highest BCUT2D eigenvalue weighted by atomic mass is 79.9. The molecule has 0 saturated carbocycles. The van der Waals surface area contributed by atoms with Gasteiger partial charge in [-0.3, -0.25) is 0 Å². The molecule has 3 heteroatoms. The van der Waals surface area contributed by atoms with Crippen molar-refractivity contribution in [3.05, 3.63) is 59.2 Å². The summed E-state index contributed by atoms with van der Waals surface area (Å²) in [7, 11) is 2.06. The molecular weight excluding hydrogens is 288 g/mol. The minimum Gasteiger partial charge on any atom is -0.354 e. The monoisotopic (exact) mass is 300 g/mol. The number of nitrogens with one attached hydrogen (secondary N) is 1. The predicted molar refractivity (Wildman–Crippen MR) is 80.3 cm³/mol. The Kier molecular flexibility index (Phi) is 2.84. The quantitative estimate of drug-likeness (QED) is 0.727. The molecule has 1 heterocycles. The first-order valence-electron chi connectivity index (χ1n) is 5.81. The molecule has 0 spiro atoms. The summed E-state index contributed by atoms with van der Waals surface area (Å²) in [6, 6.07) is 16.6. The number of rotatable bonds is 2. The Labute approximate surface area is 114 Å². The summed E-state index contributed by atoms with van der Waals surface area (Å²) in [5.41, 5.74) is 3.46. The van der Waals surface area contributed by atoms with Crippen molar-refractivity contribution in [2.75, 3.05) is 5.32 Å². The van der Waals surface area contributed by atoms with Crippen molar-refractivity contribution in [3.8, 4) is 0 Å². The third-order valence-electron chi connectivity index (χ3n) is 3.02. The molecule has 90 valence electrons. The molecule has 0 aliphatic rings. The van der Waals surface area contributed by atoms with Crippen LogP contribution in [-0.2, 0) is 7.05 Å². The molecule has 1 aromatic heterocycles. The first-order chi connectivity index (χ1) is 8.74. The summed E-state index contributed by atoms with van der Waals surface area (Å²) in [4.78, 5) is 0. The van der Waals surface area contributed by atoms with Gasteiger partial charge in [0.2, 0.25) is 0 Å². The molecule has 0 aliphatic heterocycles. The summed E-state index contributed by atoms with van der Waals surface area (Å²) in [6.45, 7) is 0. The molecule has 2 nitrogen and oxygen atoms in total. The van der Waals surface area contributed by atoms with Crippen molar-refractivity contribution in [1.29, 1.82) is 0 Å². The van der Waals surface area contributed by atoms with Gasteiger partial charge in [0.1, 0.15) is 0 Å². The molecule has 3 aromatic rings. The second-order valence-corrected chi connectivity index (χ2v) is 5.22. The van der Waals surface area contributed by atoms with Gasteiger partial charge in [0.25, 0.3) is 0 Å². The zero-order valence-corrected chi connectivity index (χ0v) is 11.6. The highest BCUT2D eigenvalue weighted by Crippen LogP contribution is 2.28. The minimum atomic E-state index is 1.09. The third-order valence-corrected chi connectivity index (χ3v) is 3.55. The number of fused-ring (bicyclic) bond motifs is 1. The fraction of sp³-hybridized carbons (Fsp3) is 0.0667. The molecule has 18 heavy (non-hydrogen) atoms. The zero-order chi connectivity index (χ0) is 12.5. The molecule has 3 rings (SSSR count). The lowest BCUT2D eigenvalue weighted by atomic mass is 10.2. The Bertz CT molecular complexity index is 683. The van der Waals surface area contributed by atoms with Crippen LogP contribution in [0.15, 0.2) is 59.2 Å². The van der Waals surface area contributed by atoms with Crippen molar-refractivity contribution in [2.45, 2.75) is 0 Å². The van der Waals surface area contributed by atoms with E-state index in [2.05, 4.69) is 75.5 Å². The van der Waals surface area contributed by atoms with Gasteiger partial charge in [-0.1, -0.05) is 34.1 Å². The van der Waals surface area contributed by atoms with Crippen LogP contribution in [0, 0.1) is 0 Å². The van der Waals surface area contributed by atoms with Crippen molar-refractivity contribution < 1.29 is 0 Å². The number of nitrogens with zero attached hydrogens (tertiary/aromatic N) is 1. The first-order valence-corrected chi connectivity index (χ1v) is 6.60. The first kappa shape index (κ1) is 11.4. The van der Waals surface area contributed by atoms with E-state index in [4.69, 9.17) is 0 Å². The van der Waals surface area contributed by atoms with Crippen molar-refractivity contribution >= 4 is 38.2 Å². The number of anilines is 2. The van der Waals surface area contributed by atoms with E-state index in [0.29, 0.717) is 0 Å². The SMILES string of the molecule is Cn1cc(Nc2ccc(Br)cc2)c2ccccc21. The van der Waals surface area contributed by atoms with E-state index in [1.54, 1.807) is 0 Å². The van der Waals surface area contributed by atoms with Crippen LogP contribution in [0.3, 0.4) is 0 Å². The highest BCUT2D eigenvalue weighted by Gasteiger charge is 2.05. The fourth-order valence-corrected chi connectivity index (χ4v) is 2.39. The lowest BCUT2D eigenvalue weighted by Crippen LogP contribution is -1.88. The number of benzene rings is 2. The van der Waals surface area contributed by atoms with E-state index >= 15 is 0 Å². The topological polar surface area (TPSA) is 17.0 Å². The van der Waals surface area contributed by atoms with Crippen molar-refractivity contribution in [3.63, 3.8) is 0 Å². The summed E-state index contributed by atoms with van der Waals surface area (Å²) in [5, 5.41) is 4.69. The predicted octanol–water partition coefficient (Wildman–Crippen LogP) is 4.68. The van der Waals surface area contributed by atoms with Gasteiger partial charge in [0.15, 0.2) is 0 Å². The van der Waals surface area contributed by atoms with Gasteiger partial charge in [0.05, 0.1) is 5.69 Å². The van der Waals surface area contributed by atoms with E-state index in [9.17, 15) is 0 Å². The van der Waals surface area contributed by atoms with Crippen LogP contribution < -0.4 is 5.32 Å². The van der Waals surface area contributed by atoms with Crippen LogP contribution in [0.2, 0.25) is 0 Å². The van der Waals surface area contributed by atoms with Crippen LogP contribution >= 0.6 is 15.9 Å². The van der Waals surface area contributed by atoms with Crippen LogP contribution in [0.5, 0.6) is 0 Å². The number of aryl methyl sites for hydroxylation is 1. The number of hydrogen-bond donors (Lipinski definition) is 1. The lowest BCUT2D eigenvalue weighted by Gasteiger charge is -2.04. The maximum absolute atomic E-state index is 3.45. The van der Waals surface area contributed by atoms with E-state index in [0.717, 1.165) is 15.8 Å². The minimum absolute atomic E-state index is 1.09. The van der Waals surface area contributed by atoms with Crippen LogP contribution in [0.1, 0.15) is 0 Å². The van der Waals surface area contributed by atoms with E-state index in [1.807, 2.05) is 12.1 Å². The van der Waals surface area contributed by atoms with Gasteiger partial charge in [-0.15, -0.1) is 0 Å². The largest absolute Gasteiger partial charge is 0.354 e. The van der Waals surface area contributed by atoms with Gasteiger partial charge < -0.3 is 9.88 Å². The third kappa shape index (κ3) is 2.02. The molecule has 0 saturated heterocycles. The Hall–Kier alpha value is -1.74. The lowest BCUT2D eigenvalue weighted by molar-refractivity contribution is 0.970. The molecule has 0 bridgehead atoms. The maximum atomic E-state index is 3.45. The Morgan fingerprint density at radius 3 is 2.50 bits per heavy atom. The summed E-state index contributed by atoms with van der Waals surface area (Å²) < 4.78 is 3.22. The smallest absolute Gasteiger partial charge is 0.0644 e. The average molecular weight is 301 g/mol. The number of halogens is 1. The second kappa shape index (κ2) is 4.50. The molecule has 1 N–H and O–H groups in total. The molecule has 0 unspecified atom stereocenters. The van der Waals surface area contributed by atoms with Crippen LogP contribution in [0.25, 0.3) is 10.9 Å². The van der Waals surface area contributed by atoms with Gasteiger partial charge >= 0.3 is 0 Å². The Morgan fingerprint density at radius 2 is 1.72 bits per heavy atom. The highest BCUT2D eigenvalue weighted by molar-refractivity contribution is 9.10. The molecular formula is C15H13BrN2. The van der Waals surface area contributed by atoms with Crippen molar-refractivity contribution in [2.24, 2.45) is 7.05 Å². The molecule has 2 aromatic carbocycles. The Morgan fingerprint density at radius 1 is 1.00 bits per heavy atom. The van der Waals surface area contributed by atoms with Gasteiger partial charge in [-0.25, -0.2) is 0 Å². The van der Waals surface area contributed by atoms with Gasteiger partial charge in [-0.05, 0) is 30.3 Å². The van der Waals surface area contributed by atoms with Gasteiger partial charge in [0, 0.05) is 34.3 Å². The van der Waals surface area contributed by atoms with E-state index < -0.39 is 0 Å². The fourth-order valence-electron chi connectivity index (χ4n) is 2.13. The molecule has 0 amide bonds. The summed E-state index contributed by atoms with van der Waals surface area (Å²) >= 11 is 3.44. The zero-order valence-electron chi connectivity index (χ0n) is 10.0. The van der Waals surface area contributed by atoms with Gasteiger partial charge in [-0.2, -0.15) is 0 Å². The summed E-state index contributed by atoms with van der Waals surface area (Å²) in [5.74, 6) is 0. The van der Waals surface area contributed by atoms with E-state index in [-0.39, 0.29) is 0 Å². The van der Waals surface area contributed by atoms with Crippen molar-refractivity contribution in [1.82, 2.24) is 4.57 Å². The maximum Gasteiger partial charge on any atom is 0.0644 e. The molecule has 0 aliphatic carbocycles. The Balaban J connectivity index is 2.02. The number of hydrogen-bond acceptors (Lipinski definition) is 1.